The lowest BCUT2D eigenvalue weighted by Crippen LogP contribution is -2.51. The van der Waals surface area contributed by atoms with Crippen molar-refractivity contribution in [3.63, 3.8) is 0 Å². The number of aliphatic hydroxyl groups is 1. The van der Waals surface area contributed by atoms with E-state index in [-0.39, 0.29) is 22.6 Å². The Morgan fingerprint density at radius 3 is 2.36 bits per heavy atom. The van der Waals surface area contributed by atoms with Gasteiger partial charge in [-0.3, -0.25) is 0 Å². The average molecular weight is 467 g/mol. The maximum Gasteiger partial charge on any atom is 0.417 e. The second kappa shape index (κ2) is 8.70. The van der Waals surface area contributed by atoms with E-state index in [9.17, 15) is 27.5 Å². The number of halogens is 4. The molecule has 0 bridgehead atoms. The van der Waals surface area contributed by atoms with Gasteiger partial charge >= 0.3 is 12.1 Å². The fourth-order valence-electron chi connectivity index (χ4n) is 4.15. The van der Waals surface area contributed by atoms with Crippen LogP contribution in [0.15, 0.2) is 42.5 Å². The van der Waals surface area contributed by atoms with Crippen molar-refractivity contribution in [1.82, 2.24) is 4.98 Å². The number of alkyl halides is 3. The number of nitrogens with one attached hydrogen (secondary N) is 1. The summed E-state index contributed by atoms with van der Waals surface area (Å²) in [6, 6.07) is 9.61. The SMILES string of the molecule is COC(=O)c1ccc2[nH]c(CC(O)(CC(C)(C)c3cc(F)ccc3OC)C(F)(F)F)cc2c1. The lowest BCUT2D eigenvalue weighted by Gasteiger charge is -2.38. The number of aromatic amines is 1. The van der Waals surface area contributed by atoms with Gasteiger partial charge in [-0.1, -0.05) is 13.8 Å². The molecule has 5 nitrogen and oxygen atoms in total. The number of rotatable bonds is 7. The van der Waals surface area contributed by atoms with Crippen LogP contribution < -0.4 is 4.74 Å². The number of aromatic nitrogens is 1. The van der Waals surface area contributed by atoms with Gasteiger partial charge in [-0.05, 0) is 54.3 Å². The summed E-state index contributed by atoms with van der Waals surface area (Å²) in [5.74, 6) is -0.962. The third-order valence-electron chi connectivity index (χ3n) is 5.73. The lowest BCUT2D eigenvalue weighted by atomic mass is 9.73. The Kier molecular flexibility index (Phi) is 6.48. The van der Waals surface area contributed by atoms with Gasteiger partial charge in [0.15, 0.2) is 5.60 Å². The molecule has 0 saturated heterocycles. The van der Waals surface area contributed by atoms with Gasteiger partial charge in [0.1, 0.15) is 11.6 Å². The summed E-state index contributed by atoms with van der Waals surface area (Å²) in [7, 11) is 2.57. The van der Waals surface area contributed by atoms with E-state index in [0.29, 0.717) is 10.9 Å². The predicted molar refractivity (Wildman–Crippen MR) is 115 cm³/mol. The van der Waals surface area contributed by atoms with Crippen molar-refractivity contribution in [2.45, 2.75) is 43.9 Å². The maximum absolute atomic E-state index is 14.1. The van der Waals surface area contributed by atoms with Gasteiger partial charge in [-0.25, -0.2) is 9.18 Å². The van der Waals surface area contributed by atoms with Crippen molar-refractivity contribution >= 4 is 16.9 Å². The summed E-state index contributed by atoms with van der Waals surface area (Å²) in [4.78, 5) is 14.6. The van der Waals surface area contributed by atoms with E-state index in [4.69, 9.17) is 4.74 Å². The highest BCUT2D eigenvalue weighted by Gasteiger charge is 2.56. The zero-order chi connectivity index (χ0) is 24.6. The first-order valence-electron chi connectivity index (χ1n) is 10.1. The molecule has 0 amide bonds. The predicted octanol–water partition coefficient (Wildman–Crippen LogP) is 5.31. The first kappa shape index (κ1) is 24.6. The van der Waals surface area contributed by atoms with Crippen molar-refractivity contribution in [3.8, 4) is 5.75 Å². The van der Waals surface area contributed by atoms with E-state index >= 15 is 0 Å². The second-order valence-electron chi connectivity index (χ2n) is 8.70. The minimum absolute atomic E-state index is 0.133. The van der Waals surface area contributed by atoms with Gasteiger partial charge in [-0.2, -0.15) is 13.2 Å². The molecule has 178 valence electrons. The summed E-state index contributed by atoms with van der Waals surface area (Å²) in [6.07, 6.45) is -6.48. The van der Waals surface area contributed by atoms with Crippen LogP contribution in [-0.2, 0) is 16.6 Å². The van der Waals surface area contributed by atoms with E-state index in [1.54, 1.807) is 6.07 Å². The van der Waals surface area contributed by atoms with E-state index in [0.717, 1.165) is 12.1 Å². The molecule has 0 aliphatic carbocycles. The van der Waals surface area contributed by atoms with Crippen molar-refractivity contribution in [1.29, 1.82) is 0 Å². The zero-order valence-corrected chi connectivity index (χ0v) is 18.6. The van der Waals surface area contributed by atoms with E-state index < -0.39 is 41.8 Å². The standard InChI is InChI=1S/C24H25F4NO4/c1-22(2,18-11-16(25)6-8-20(18)32-3)13-23(31,24(26,27)28)12-17-10-15-9-14(21(30)33-4)5-7-19(15)29-17/h5-11,29,31H,12-13H2,1-4H3. The van der Waals surface area contributed by atoms with Gasteiger partial charge in [0.05, 0.1) is 19.8 Å². The van der Waals surface area contributed by atoms with Crippen LogP contribution in [0.25, 0.3) is 10.9 Å². The molecular formula is C24H25F4NO4. The third kappa shape index (κ3) is 4.98. The first-order chi connectivity index (χ1) is 15.3. The van der Waals surface area contributed by atoms with Gasteiger partial charge in [0.25, 0.3) is 0 Å². The largest absolute Gasteiger partial charge is 0.496 e. The number of H-pyrrole nitrogens is 1. The van der Waals surface area contributed by atoms with Crippen LogP contribution >= 0.6 is 0 Å². The molecule has 1 aromatic heterocycles. The number of fused-ring (bicyclic) bond motifs is 1. The number of carbonyl (C=O) groups excluding carboxylic acids is 1. The van der Waals surface area contributed by atoms with Gasteiger partial charge in [0.2, 0.25) is 0 Å². The minimum Gasteiger partial charge on any atom is -0.496 e. The smallest absolute Gasteiger partial charge is 0.417 e. The van der Waals surface area contributed by atoms with Crippen molar-refractivity contribution in [2.24, 2.45) is 0 Å². The molecule has 0 aliphatic heterocycles. The first-order valence-corrected chi connectivity index (χ1v) is 10.1. The molecular weight excluding hydrogens is 442 g/mol. The molecule has 33 heavy (non-hydrogen) atoms. The van der Waals surface area contributed by atoms with Crippen molar-refractivity contribution in [2.75, 3.05) is 14.2 Å². The minimum atomic E-state index is -4.97. The highest BCUT2D eigenvalue weighted by atomic mass is 19.4. The number of ether oxygens (including phenoxy) is 2. The van der Waals surface area contributed by atoms with Crippen LogP contribution in [-0.4, -0.2) is 42.1 Å². The maximum atomic E-state index is 14.1. The van der Waals surface area contributed by atoms with Crippen molar-refractivity contribution in [3.05, 3.63) is 65.1 Å². The van der Waals surface area contributed by atoms with Crippen LogP contribution in [0.2, 0.25) is 0 Å². The highest BCUT2D eigenvalue weighted by molar-refractivity contribution is 5.94. The molecule has 1 atom stereocenters. The second-order valence-corrected chi connectivity index (χ2v) is 8.70. The van der Waals surface area contributed by atoms with Crippen molar-refractivity contribution < 1.29 is 36.9 Å². The number of hydrogen-bond acceptors (Lipinski definition) is 4. The molecule has 0 radical (unpaired) electrons. The molecule has 2 aromatic carbocycles. The van der Waals surface area contributed by atoms with Crippen LogP contribution in [0.5, 0.6) is 5.75 Å². The molecule has 2 N–H and O–H groups in total. The average Bonchev–Trinajstić information content (AvgIpc) is 3.12. The normalized spacial score (nSPS) is 14.2. The molecule has 3 rings (SSSR count). The van der Waals surface area contributed by atoms with Crippen LogP contribution in [0.1, 0.15) is 41.9 Å². The number of methoxy groups -OCH3 is 2. The number of carbonyl (C=O) groups is 1. The summed E-state index contributed by atoms with van der Waals surface area (Å²) >= 11 is 0. The summed E-state index contributed by atoms with van der Waals surface area (Å²) in [5.41, 5.74) is -3.31. The monoisotopic (exact) mass is 467 g/mol. The Morgan fingerprint density at radius 2 is 1.76 bits per heavy atom. The van der Waals surface area contributed by atoms with E-state index in [1.807, 2.05) is 0 Å². The lowest BCUT2D eigenvalue weighted by molar-refractivity contribution is -0.266. The Hall–Kier alpha value is -3.07. The molecule has 0 aliphatic rings. The molecule has 1 unspecified atom stereocenters. The van der Waals surface area contributed by atoms with Gasteiger partial charge in [-0.15, -0.1) is 0 Å². The summed E-state index contributed by atoms with van der Waals surface area (Å²) in [5, 5.41) is 11.4. The van der Waals surface area contributed by atoms with Gasteiger partial charge in [0, 0.05) is 28.6 Å². The molecule has 0 spiro atoms. The molecule has 1 heterocycles. The molecule has 9 heteroatoms. The zero-order valence-electron chi connectivity index (χ0n) is 18.6. The Bertz CT molecular complexity index is 1170. The van der Waals surface area contributed by atoms with Crippen LogP contribution in [0.4, 0.5) is 17.6 Å². The summed E-state index contributed by atoms with van der Waals surface area (Å²) < 4.78 is 66.2. The van der Waals surface area contributed by atoms with Crippen LogP contribution in [0.3, 0.4) is 0 Å². The molecule has 0 saturated carbocycles. The van der Waals surface area contributed by atoms with E-state index in [1.165, 1.54) is 52.3 Å². The Labute approximate surface area is 188 Å². The fraction of sp³-hybridized carbons (Fsp3) is 0.375. The highest BCUT2D eigenvalue weighted by Crippen LogP contribution is 2.45. The Balaban J connectivity index is 1.98. The summed E-state index contributed by atoms with van der Waals surface area (Å²) in [6.45, 7) is 2.99. The Morgan fingerprint density at radius 1 is 1.06 bits per heavy atom. The van der Waals surface area contributed by atoms with Gasteiger partial charge < -0.3 is 19.6 Å². The third-order valence-corrected chi connectivity index (χ3v) is 5.73. The van der Waals surface area contributed by atoms with E-state index in [2.05, 4.69) is 9.72 Å². The number of hydrogen-bond donors (Lipinski definition) is 2. The molecule has 0 fully saturated rings. The topological polar surface area (TPSA) is 71.6 Å². The fourth-order valence-corrected chi connectivity index (χ4v) is 4.15. The van der Waals surface area contributed by atoms with Crippen LogP contribution in [0, 0.1) is 5.82 Å². The quantitative estimate of drug-likeness (QED) is 0.365. The molecule has 3 aromatic rings. The number of esters is 1. The number of benzene rings is 2.